The highest BCUT2D eigenvalue weighted by molar-refractivity contribution is 6.35. The quantitative estimate of drug-likeness (QED) is 0.856. The topological polar surface area (TPSA) is 28.2 Å². The third-order valence-electron chi connectivity index (χ3n) is 3.86. The molecule has 0 saturated carbocycles. The Morgan fingerprint density at radius 1 is 1.27 bits per heavy atom. The lowest BCUT2D eigenvalue weighted by atomic mass is 10.2. The van der Waals surface area contributed by atoms with Gasteiger partial charge in [0.15, 0.2) is 0 Å². The molecule has 22 heavy (non-hydrogen) atoms. The number of anilines is 1. The predicted molar refractivity (Wildman–Crippen MR) is 88.1 cm³/mol. The van der Waals surface area contributed by atoms with Crippen LogP contribution in [-0.4, -0.2) is 24.1 Å². The van der Waals surface area contributed by atoms with Crippen LogP contribution in [0.15, 0.2) is 36.5 Å². The molecular formula is C16H16Cl2FN3. The monoisotopic (exact) mass is 339 g/mol. The summed E-state index contributed by atoms with van der Waals surface area (Å²) >= 11 is 12.1. The number of nitrogens with zero attached hydrogens (tertiary/aromatic N) is 2. The van der Waals surface area contributed by atoms with Gasteiger partial charge in [-0.1, -0.05) is 29.3 Å². The molecule has 3 rings (SSSR count). The average molecular weight is 340 g/mol. The van der Waals surface area contributed by atoms with Crippen LogP contribution in [0.5, 0.6) is 0 Å². The number of rotatable bonds is 4. The van der Waals surface area contributed by atoms with Gasteiger partial charge in [-0.25, -0.2) is 4.98 Å². The van der Waals surface area contributed by atoms with E-state index in [1.54, 1.807) is 18.3 Å². The van der Waals surface area contributed by atoms with Crippen LogP contribution in [-0.2, 0) is 6.54 Å². The molecule has 1 saturated heterocycles. The Balaban J connectivity index is 1.56. The minimum Gasteiger partial charge on any atom is -0.369 e. The van der Waals surface area contributed by atoms with E-state index in [0.29, 0.717) is 22.6 Å². The highest BCUT2D eigenvalue weighted by Gasteiger charge is 2.22. The Labute approximate surface area is 139 Å². The molecule has 2 heterocycles. The van der Waals surface area contributed by atoms with Gasteiger partial charge >= 0.3 is 0 Å². The van der Waals surface area contributed by atoms with Gasteiger partial charge in [-0.2, -0.15) is 4.39 Å². The predicted octanol–water partition coefficient (Wildman–Crippen LogP) is 3.90. The molecule has 1 atom stereocenters. The molecule has 0 spiro atoms. The van der Waals surface area contributed by atoms with Crippen molar-refractivity contribution in [3.05, 3.63) is 58.1 Å². The molecule has 0 bridgehead atoms. The van der Waals surface area contributed by atoms with Crippen molar-refractivity contribution in [1.82, 2.24) is 10.3 Å². The van der Waals surface area contributed by atoms with Crippen molar-refractivity contribution in [3.63, 3.8) is 0 Å². The molecule has 116 valence electrons. The fraction of sp³-hybridized carbons (Fsp3) is 0.312. The van der Waals surface area contributed by atoms with Crippen molar-refractivity contribution in [2.24, 2.45) is 0 Å². The SMILES string of the molecule is Fc1ccc(N2CCC(NCc3ccc(Cl)cc3Cl)C2)cn1. The number of pyridine rings is 1. The van der Waals surface area contributed by atoms with Gasteiger partial charge < -0.3 is 10.2 Å². The molecule has 1 aliphatic heterocycles. The average Bonchev–Trinajstić information content (AvgIpc) is 2.96. The number of hydrogen-bond acceptors (Lipinski definition) is 3. The fourth-order valence-corrected chi connectivity index (χ4v) is 3.11. The number of nitrogens with one attached hydrogen (secondary N) is 1. The molecule has 6 heteroatoms. The van der Waals surface area contributed by atoms with Gasteiger partial charge in [0.05, 0.1) is 11.9 Å². The second-order valence-electron chi connectivity index (χ2n) is 5.39. The Morgan fingerprint density at radius 3 is 2.86 bits per heavy atom. The number of benzene rings is 1. The van der Waals surface area contributed by atoms with E-state index in [2.05, 4.69) is 15.2 Å². The molecule has 1 aromatic heterocycles. The van der Waals surface area contributed by atoms with Gasteiger partial charge in [-0.15, -0.1) is 0 Å². The lowest BCUT2D eigenvalue weighted by Gasteiger charge is -2.18. The van der Waals surface area contributed by atoms with Crippen molar-refractivity contribution in [2.75, 3.05) is 18.0 Å². The van der Waals surface area contributed by atoms with Crippen LogP contribution in [0, 0.1) is 5.95 Å². The van der Waals surface area contributed by atoms with E-state index < -0.39 is 5.95 Å². The summed E-state index contributed by atoms with van der Waals surface area (Å²) in [5.74, 6) is -0.449. The second kappa shape index (κ2) is 6.82. The molecule has 1 aliphatic rings. The maximum atomic E-state index is 12.9. The first-order valence-electron chi connectivity index (χ1n) is 7.15. The van der Waals surface area contributed by atoms with Crippen molar-refractivity contribution in [3.8, 4) is 0 Å². The molecule has 2 aromatic rings. The van der Waals surface area contributed by atoms with Crippen LogP contribution in [0.1, 0.15) is 12.0 Å². The Morgan fingerprint density at radius 2 is 2.14 bits per heavy atom. The maximum Gasteiger partial charge on any atom is 0.212 e. The van der Waals surface area contributed by atoms with Crippen LogP contribution in [0.2, 0.25) is 10.0 Å². The number of aromatic nitrogens is 1. The van der Waals surface area contributed by atoms with Crippen LogP contribution >= 0.6 is 23.2 Å². The van der Waals surface area contributed by atoms with Gasteiger partial charge in [0, 0.05) is 35.7 Å². The third kappa shape index (κ3) is 3.69. The van der Waals surface area contributed by atoms with Gasteiger partial charge in [0.1, 0.15) is 0 Å². The summed E-state index contributed by atoms with van der Waals surface area (Å²) in [6.07, 6.45) is 2.61. The minimum absolute atomic E-state index is 0.372. The first kappa shape index (κ1) is 15.5. The minimum atomic E-state index is -0.449. The van der Waals surface area contributed by atoms with E-state index >= 15 is 0 Å². The first-order chi connectivity index (χ1) is 10.6. The van der Waals surface area contributed by atoms with Crippen LogP contribution in [0.4, 0.5) is 10.1 Å². The van der Waals surface area contributed by atoms with E-state index in [1.165, 1.54) is 6.07 Å². The second-order valence-corrected chi connectivity index (χ2v) is 6.23. The van der Waals surface area contributed by atoms with Crippen molar-refractivity contribution < 1.29 is 4.39 Å². The van der Waals surface area contributed by atoms with Gasteiger partial charge in [-0.3, -0.25) is 0 Å². The Bertz CT molecular complexity index is 648. The van der Waals surface area contributed by atoms with Crippen LogP contribution in [0.25, 0.3) is 0 Å². The summed E-state index contributed by atoms with van der Waals surface area (Å²) in [5.41, 5.74) is 1.99. The molecular weight excluding hydrogens is 324 g/mol. The number of hydrogen-bond donors (Lipinski definition) is 1. The van der Waals surface area contributed by atoms with Gasteiger partial charge in [-0.05, 0) is 36.2 Å². The lowest BCUT2D eigenvalue weighted by Crippen LogP contribution is -2.32. The summed E-state index contributed by atoms with van der Waals surface area (Å²) < 4.78 is 12.9. The van der Waals surface area contributed by atoms with E-state index in [9.17, 15) is 4.39 Å². The van der Waals surface area contributed by atoms with Gasteiger partial charge in [0.2, 0.25) is 5.95 Å². The third-order valence-corrected chi connectivity index (χ3v) is 4.45. The molecule has 0 amide bonds. The highest BCUT2D eigenvalue weighted by Crippen LogP contribution is 2.22. The van der Waals surface area contributed by atoms with E-state index in [4.69, 9.17) is 23.2 Å². The summed E-state index contributed by atoms with van der Waals surface area (Å²) in [6, 6.07) is 9.07. The molecule has 1 aromatic carbocycles. The molecule has 0 aliphatic carbocycles. The van der Waals surface area contributed by atoms with Crippen LogP contribution < -0.4 is 10.2 Å². The van der Waals surface area contributed by atoms with E-state index in [0.717, 1.165) is 30.8 Å². The zero-order valence-corrected chi connectivity index (χ0v) is 13.4. The van der Waals surface area contributed by atoms with Crippen molar-refractivity contribution in [2.45, 2.75) is 19.0 Å². The van der Waals surface area contributed by atoms with Crippen LogP contribution in [0.3, 0.4) is 0 Å². The maximum absolute atomic E-state index is 12.9. The summed E-state index contributed by atoms with van der Waals surface area (Å²) in [7, 11) is 0. The van der Waals surface area contributed by atoms with E-state index in [1.807, 2.05) is 12.1 Å². The fourth-order valence-electron chi connectivity index (χ4n) is 2.64. The standard InChI is InChI=1S/C16H16Cl2FN3/c17-12-2-1-11(15(18)7-12)8-20-13-5-6-22(10-13)14-3-4-16(19)21-9-14/h1-4,7,9,13,20H,5-6,8,10H2. The Hall–Kier alpha value is -1.36. The van der Waals surface area contributed by atoms with Crippen molar-refractivity contribution >= 4 is 28.9 Å². The summed E-state index contributed by atoms with van der Waals surface area (Å²) in [5, 5.41) is 4.83. The molecule has 1 N–H and O–H groups in total. The molecule has 3 nitrogen and oxygen atoms in total. The summed E-state index contributed by atoms with van der Waals surface area (Å²) in [6.45, 7) is 2.51. The molecule has 1 unspecified atom stereocenters. The lowest BCUT2D eigenvalue weighted by molar-refractivity contribution is 0.551. The zero-order chi connectivity index (χ0) is 15.5. The molecule has 0 radical (unpaired) electrons. The zero-order valence-electron chi connectivity index (χ0n) is 11.9. The highest BCUT2D eigenvalue weighted by atomic mass is 35.5. The van der Waals surface area contributed by atoms with Gasteiger partial charge in [0.25, 0.3) is 0 Å². The normalized spacial score (nSPS) is 18.0. The molecule has 1 fully saturated rings. The van der Waals surface area contributed by atoms with Crippen molar-refractivity contribution in [1.29, 1.82) is 0 Å². The first-order valence-corrected chi connectivity index (χ1v) is 7.91. The van der Waals surface area contributed by atoms with E-state index in [-0.39, 0.29) is 0 Å². The summed E-state index contributed by atoms with van der Waals surface area (Å²) in [4.78, 5) is 5.91. The largest absolute Gasteiger partial charge is 0.369 e. The Kier molecular flexibility index (Phi) is 4.81. The smallest absolute Gasteiger partial charge is 0.212 e. The number of halogens is 3.